The van der Waals surface area contributed by atoms with Gasteiger partial charge in [0.25, 0.3) is 0 Å². The first-order chi connectivity index (χ1) is 10.2. The fourth-order valence-corrected chi connectivity index (χ4v) is 2.03. The SMILES string of the molecule is CNC(C)CCCCOc1cc(OC)c(OC)c(OC)c1. The second-order valence-electron chi connectivity index (χ2n) is 4.90. The molecule has 0 bridgehead atoms. The van der Waals surface area contributed by atoms with E-state index in [1.807, 2.05) is 19.2 Å². The molecular formula is C16H27NO4. The van der Waals surface area contributed by atoms with E-state index >= 15 is 0 Å². The fourth-order valence-electron chi connectivity index (χ4n) is 2.03. The molecule has 1 rings (SSSR count). The molecule has 0 saturated heterocycles. The maximum absolute atomic E-state index is 5.77. The van der Waals surface area contributed by atoms with Crippen molar-refractivity contribution in [3.05, 3.63) is 12.1 Å². The Morgan fingerprint density at radius 3 is 2.10 bits per heavy atom. The molecule has 0 radical (unpaired) electrons. The molecule has 0 spiro atoms. The van der Waals surface area contributed by atoms with Gasteiger partial charge in [-0.3, -0.25) is 0 Å². The average Bonchev–Trinajstić information content (AvgIpc) is 2.52. The van der Waals surface area contributed by atoms with Gasteiger partial charge < -0.3 is 24.3 Å². The maximum atomic E-state index is 5.77. The lowest BCUT2D eigenvalue weighted by atomic mass is 10.1. The smallest absolute Gasteiger partial charge is 0.203 e. The summed E-state index contributed by atoms with van der Waals surface area (Å²) in [4.78, 5) is 0. The van der Waals surface area contributed by atoms with Gasteiger partial charge in [0.2, 0.25) is 5.75 Å². The largest absolute Gasteiger partial charge is 0.493 e. The third kappa shape index (κ3) is 5.34. The summed E-state index contributed by atoms with van der Waals surface area (Å²) in [5.74, 6) is 2.52. The zero-order valence-corrected chi connectivity index (χ0v) is 13.7. The molecule has 5 nitrogen and oxygen atoms in total. The number of unbranched alkanes of at least 4 members (excludes halogenated alkanes) is 1. The van der Waals surface area contributed by atoms with E-state index in [0.29, 0.717) is 29.9 Å². The molecule has 0 heterocycles. The molecule has 1 atom stereocenters. The van der Waals surface area contributed by atoms with Gasteiger partial charge >= 0.3 is 0 Å². The normalized spacial score (nSPS) is 11.9. The van der Waals surface area contributed by atoms with Gasteiger partial charge in [0.1, 0.15) is 5.75 Å². The van der Waals surface area contributed by atoms with Crippen LogP contribution in [0, 0.1) is 0 Å². The van der Waals surface area contributed by atoms with E-state index < -0.39 is 0 Å². The molecule has 120 valence electrons. The van der Waals surface area contributed by atoms with Crippen LogP contribution in [-0.4, -0.2) is 41.0 Å². The first-order valence-corrected chi connectivity index (χ1v) is 7.26. The van der Waals surface area contributed by atoms with Crippen LogP contribution >= 0.6 is 0 Å². The zero-order chi connectivity index (χ0) is 15.7. The number of hydrogen-bond acceptors (Lipinski definition) is 5. The Morgan fingerprint density at radius 2 is 1.62 bits per heavy atom. The number of methoxy groups -OCH3 is 3. The van der Waals surface area contributed by atoms with E-state index in [-0.39, 0.29) is 0 Å². The van der Waals surface area contributed by atoms with E-state index in [0.717, 1.165) is 25.0 Å². The van der Waals surface area contributed by atoms with E-state index in [9.17, 15) is 0 Å². The first kappa shape index (κ1) is 17.4. The maximum Gasteiger partial charge on any atom is 0.203 e. The monoisotopic (exact) mass is 297 g/mol. The predicted octanol–water partition coefficient (Wildman–Crippen LogP) is 2.87. The van der Waals surface area contributed by atoms with Gasteiger partial charge in [0, 0.05) is 18.2 Å². The lowest BCUT2D eigenvalue weighted by Gasteiger charge is -2.15. The highest BCUT2D eigenvalue weighted by atomic mass is 16.5. The summed E-state index contributed by atoms with van der Waals surface area (Å²) >= 11 is 0. The Hall–Kier alpha value is -1.62. The third-order valence-corrected chi connectivity index (χ3v) is 3.43. The van der Waals surface area contributed by atoms with E-state index in [1.54, 1.807) is 21.3 Å². The van der Waals surface area contributed by atoms with Crippen molar-refractivity contribution in [2.45, 2.75) is 32.2 Å². The summed E-state index contributed by atoms with van der Waals surface area (Å²) < 4.78 is 21.7. The van der Waals surface area contributed by atoms with Crippen LogP contribution in [0.2, 0.25) is 0 Å². The lowest BCUT2D eigenvalue weighted by molar-refractivity contribution is 0.289. The standard InChI is InChI=1S/C16H27NO4/c1-12(17-2)8-6-7-9-21-13-10-14(18-3)16(20-5)15(11-13)19-4/h10-12,17H,6-9H2,1-5H3. The van der Waals surface area contributed by atoms with E-state index in [1.165, 1.54) is 0 Å². The Balaban J connectivity index is 2.55. The van der Waals surface area contributed by atoms with Gasteiger partial charge in [-0.2, -0.15) is 0 Å². The van der Waals surface area contributed by atoms with Crippen LogP contribution < -0.4 is 24.3 Å². The molecule has 0 aliphatic rings. The van der Waals surface area contributed by atoms with E-state index in [4.69, 9.17) is 18.9 Å². The van der Waals surface area contributed by atoms with Crippen LogP contribution in [0.25, 0.3) is 0 Å². The molecule has 0 aromatic heterocycles. The van der Waals surface area contributed by atoms with Gasteiger partial charge in [-0.15, -0.1) is 0 Å². The minimum Gasteiger partial charge on any atom is -0.493 e. The summed E-state index contributed by atoms with van der Waals surface area (Å²) in [6.45, 7) is 2.86. The van der Waals surface area contributed by atoms with Crippen molar-refractivity contribution >= 4 is 0 Å². The Morgan fingerprint density at radius 1 is 1.00 bits per heavy atom. The Kier molecular flexibility index (Phi) is 7.75. The highest BCUT2D eigenvalue weighted by molar-refractivity contribution is 5.55. The molecule has 5 heteroatoms. The predicted molar refractivity (Wildman–Crippen MR) is 84.0 cm³/mol. The molecule has 0 amide bonds. The summed E-state index contributed by atoms with van der Waals surface area (Å²) in [6.07, 6.45) is 3.30. The quantitative estimate of drug-likeness (QED) is 0.673. The summed E-state index contributed by atoms with van der Waals surface area (Å²) in [5, 5.41) is 3.23. The number of ether oxygens (including phenoxy) is 4. The summed E-state index contributed by atoms with van der Waals surface area (Å²) in [7, 11) is 6.77. The Labute approximate surface area is 127 Å². The third-order valence-electron chi connectivity index (χ3n) is 3.43. The van der Waals surface area contributed by atoms with Crippen molar-refractivity contribution in [1.82, 2.24) is 5.32 Å². The highest BCUT2D eigenvalue weighted by Gasteiger charge is 2.13. The zero-order valence-electron chi connectivity index (χ0n) is 13.7. The first-order valence-electron chi connectivity index (χ1n) is 7.26. The topological polar surface area (TPSA) is 49.0 Å². The molecule has 1 aromatic rings. The van der Waals surface area contributed by atoms with Gasteiger partial charge in [0.15, 0.2) is 11.5 Å². The highest BCUT2D eigenvalue weighted by Crippen LogP contribution is 2.40. The van der Waals surface area contributed by atoms with Crippen molar-refractivity contribution in [3.8, 4) is 23.0 Å². The van der Waals surface area contributed by atoms with Crippen LogP contribution in [0.4, 0.5) is 0 Å². The minimum absolute atomic E-state index is 0.547. The number of benzene rings is 1. The number of nitrogens with one attached hydrogen (secondary N) is 1. The van der Waals surface area contributed by atoms with Crippen LogP contribution in [0.15, 0.2) is 12.1 Å². The molecule has 0 aliphatic carbocycles. The summed E-state index contributed by atoms with van der Waals surface area (Å²) in [6, 6.07) is 4.18. The molecule has 0 saturated carbocycles. The molecule has 0 aliphatic heterocycles. The molecule has 1 aromatic carbocycles. The van der Waals surface area contributed by atoms with E-state index in [2.05, 4.69) is 12.2 Å². The van der Waals surface area contributed by atoms with Crippen molar-refractivity contribution in [2.24, 2.45) is 0 Å². The lowest BCUT2D eigenvalue weighted by Crippen LogP contribution is -2.20. The molecule has 1 unspecified atom stereocenters. The molecule has 1 N–H and O–H groups in total. The van der Waals surface area contributed by atoms with Crippen molar-refractivity contribution < 1.29 is 18.9 Å². The van der Waals surface area contributed by atoms with Gasteiger partial charge in [-0.05, 0) is 33.2 Å². The van der Waals surface area contributed by atoms with Gasteiger partial charge in [-0.1, -0.05) is 0 Å². The van der Waals surface area contributed by atoms with Crippen molar-refractivity contribution in [3.63, 3.8) is 0 Å². The Bertz CT molecular complexity index is 398. The number of rotatable bonds is 10. The van der Waals surface area contributed by atoms with Crippen LogP contribution in [0.3, 0.4) is 0 Å². The van der Waals surface area contributed by atoms with Crippen LogP contribution in [-0.2, 0) is 0 Å². The van der Waals surface area contributed by atoms with Gasteiger partial charge in [0.05, 0.1) is 27.9 Å². The molecule has 21 heavy (non-hydrogen) atoms. The van der Waals surface area contributed by atoms with Crippen molar-refractivity contribution in [2.75, 3.05) is 35.0 Å². The minimum atomic E-state index is 0.547. The summed E-state index contributed by atoms with van der Waals surface area (Å²) in [5.41, 5.74) is 0. The fraction of sp³-hybridized carbons (Fsp3) is 0.625. The van der Waals surface area contributed by atoms with Crippen LogP contribution in [0.1, 0.15) is 26.2 Å². The van der Waals surface area contributed by atoms with Crippen LogP contribution in [0.5, 0.6) is 23.0 Å². The second kappa shape index (κ2) is 9.34. The average molecular weight is 297 g/mol. The second-order valence-corrected chi connectivity index (χ2v) is 4.90. The molecule has 0 fully saturated rings. The molecular weight excluding hydrogens is 270 g/mol. The number of hydrogen-bond donors (Lipinski definition) is 1. The van der Waals surface area contributed by atoms with Gasteiger partial charge in [-0.25, -0.2) is 0 Å². The van der Waals surface area contributed by atoms with Crippen molar-refractivity contribution in [1.29, 1.82) is 0 Å².